The fourth-order valence-electron chi connectivity index (χ4n) is 3.11. The van der Waals surface area contributed by atoms with E-state index < -0.39 is 0 Å². The number of anilines is 1. The van der Waals surface area contributed by atoms with E-state index in [-0.39, 0.29) is 0 Å². The Kier molecular flexibility index (Phi) is 5.12. The highest BCUT2D eigenvalue weighted by Crippen LogP contribution is 2.30. The Labute approximate surface area is 121 Å². The smallest absolute Gasteiger partial charge is 0.0452 e. The molecule has 0 bridgehead atoms. The number of halogens is 1. The van der Waals surface area contributed by atoms with E-state index in [2.05, 4.69) is 18.9 Å². The monoisotopic (exact) mass is 280 g/mol. The van der Waals surface area contributed by atoms with Gasteiger partial charge < -0.3 is 5.73 Å². The number of nitrogens with two attached hydrogens (primary N) is 1. The van der Waals surface area contributed by atoms with E-state index in [1.165, 1.54) is 32.1 Å². The van der Waals surface area contributed by atoms with Gasteiger partial charge in [0.15, 0.2) is 0 Å². The van der Waals surface area contributed by atoms with Gasteiger partial charge in [0.2, 0.25) is 0 Å². The third-order valence-corrected chi connectivity index (χ3v) is 4.88. The molecule has 1 aliphatic carbocycles. The quantitative estimate of drug-likeness (QED) is 0.832. The van der Waals surface area contributed by atoms with Gasteiger partial charge in [0.1, 0.15) is 0 Å². The zero-order valence-electron chi connectivity index (χ0n) is 12.0. The van der Waals surface area contributed by atoms with Crippen LogP contribution in [0.1, 0.15) is 44.6 Å². The molecule has 1 aliphatic rings. The second-order valence-electron chi connectivity index (χ2n) is 5.85. The van der Waals surface area contributed by atoms with Crippen molar-refractivity contribution in [2.75, 3.05) is 12.8 Å². The number of hydrogen-bond donors (Lipinski definition) is 1. The summed E-state index contributed by atoms with van der Waals surface area (Å²) in [6.45, 7) is 3.20. The molecule has 2 rings (SSSR count). The minimum atomic E-state index is 0.695. The summed E-state index contributed by atoms with van der Waals surface area (Å²) in [5.74, 6) is 0.945. The van der Waals surface area contributed by atoms with Gasteiger partial charge in [0, 0.05) is 23.3 Å². The SMILES string of the molecule is CCC1CCC(N(C)Cc2cc(N)ccc2Cl)CC1. The van der Waals surface area contributed by atoms with Crippen molar-refractivity contribution in [3.63, 3.8) is 0 Å². The van der Waals surface area contributed by atoms with Crippen LogP contribution < -0.4 is 5.73 Å². The maximum atomic E-state index is 6.24. The largest absolute Gasteiger partial charge is 0.399 e. The van der Waals surface area contributed by atoms with Crippen molar-refractivity contribution in [3.05, 3.63) is 28.8 Å². The van der Waals surface area contributed by atoms with E-state index in [0.29, 0.717) is 6.04 Å². The van der Waals surface area contributed by atoms with Gasteiger partial charge >= 0.3 is 0 Å². The molecule has 1 saturated carbocycles. The van der Waals surface area contributed by atoms with Crippen LogP contribution in [0.4, 0.5) is 5.69 Å². The Balaban J connectivity index is 1.94. The highest BCUT2D eigenvalue weighted by molar-refractivity contribution is 6.31. The minimum absolute atomic E-state index is 0.695. The molecule has 19 heavy (non-hydrogen) atoms. The standard InChI is InChI=1S/C16H25ClN2/c1-3-12-4-7-15(8-5-12)19(2)11-13-10-14(18)6-9-16(13)17/h6,9-10,12,15H,3-5,7-8,11,18H2,1-2H3. The fraction of sp³-hybridized carbons (Fsp3) is 0.625. The Morgan fingerprint density at radius 2 is 1.95 bits per heavy atom. The maximum Gasteiger partial charge on any atom is 0.0452 e. The Morgan fingerprint density at radius 3 is 2.58 bits per heavy atom. The Hall–Kier alpha value is -0.730. The highest BCUT2D eigenvalue weighted by atomic mass is 35.5. The predicted molar refractivity (Wildman–Crippen MR) is 83.4 cm³/mol. The van der Waals surface area contributed by atoms with Crippen LogP contribution >= 0.6 is 11.6 Å². The fourth-order valence-corrected chi connectivity index (χ4v) is 3.28. The van der Waals surface area contributed by atoms with Crippen LogP contribution in [-0.2, 0) is 6.54 Å². The van der Waals surface area contributed by atoms with Gasteiger partial charge in [0.25, 0.3) is 0 Å². The average Bonchev–Trinajstić information content (AvgIpc) is 2.43. The van der Waals surface area contributed by atoms with Gasteiger partial charge in [0.05, 0.1) is 0 Å². The third kappa shape index (κ3) is 3.87. The summed E-state index contributed by atoms with van der Waals surface area (Å²) in [7, 11) is 2.20. The molecule has 2 N–H and O–H groups in total. The van der Waals surface area contributed by atoms with E-state index in [1.54, 1.807) is 0 Å². The first-order chi connectivity index (χ1) is 9.10. The molecule has 0 radical (unpaired) electrons. The van der Waals surface area contributed by atoms with E-state index in [9.17, 15) is 0 Å². The first-order valence-corrected chi connectivity index (χ1v) is 7.72. The van der Waals surface area contributed by atoms with Crippen molar-refractivity contribution < 1.29 is 0 Å². The maximum absolute atomic E-state index is 6.24. The second kappa shape index (κ2) is 6.62. The van der Waals surface area contributed by atoms with Crippen LogP contribution in [0.3, 0.4) is 0 Å². The third-order valence-electron chi connectivity index (χ3n) is 4.51. The molecule has 0 amide bonds. The van der Waals surface area contributed by atoms with E-state index >= 15 is 0 Å². The minimum Gasteiger partial charge on any atom is -0.399 e. The lowest BCUT2D eigenvalue weighted by atomic mass is 9.84. The molecule has 0 heterocycles. The summed E-state index contributed by atoms with van der Waals surface area (Å²) in [5.41, 5.74) is 7.78. The molecule has 2 nitrogen and oxygen atoms in total. The summed E-state index contributed by atoms with van der Waals surface area (Å²) in [4.78, 5) is 2.44. The molecule has 0 atom stereocenters. The van der Waals surface area contributed by atoms with Gasteiger partial charge in [-0.1, -0.05) is 24.9 Å². The van der Waals surface area contributed by atoms with E-state index in [1.807, 2.05) is 18.2 Å². The molecule has 0 aliphatic heterocycles. The zero-order chi connectivity index (χ0) is 13.8. The zero-order valence-corrected chi connectivity index (χ0v) is 12.8. The van der Waals surface area contributed by atoms with Crippen molar-refractivity contribution >= 4 is 17.3 Å². The summed E-state index contributed by atoms with van der Waals surface area (Å²) in [5, 5.41) is 0.822. The number of nitrogen functional groups attached to an aromatic ring is 1. The Morgan fingerprint density at radius 1 is 1.26 bits per heavy atom. The van der Waals surface area contributed by atoms with Crippen LogP contribution in [-0.4, -0.2) is 18.0 Å². The van der Waals surface area contributed by atoms with Gasteiger partial charge in [-0.05, 0) is 62.4 Å². The Bertz CT molecular complexity index is 411. The molecule has 1 aromatic carbocycles. The molecule has 1 fully saturated rings. The first-order valence-electron chi connectivity index (χ1n) is 7.34. The molecular weight excluding hydrogens is 256 g/mol. The lowest BCUT2D eigenvalue weighted by molar-refractivity contribution is 0.157. The van der Waals surface area contributed by atoms with Gasteiger partial charge in [-0.15, -0.1) is 0 Å². The van der Waals surface area contributed by atoms with Crippen molar-refractivity contribution in [1.29, 1.82) is 0 Å². The molecule has 3 heteroatoms. The second-order valence-corrected chi connectivity index (χ2v) is 6.26. The highest BCUT2D eigenvalue weighted by Gasteiger charge is 2.23. The van der Waals surface area contributed by atoms with Crippen molar-refractivity contribution in [1.82, 2.24) is 4.90 Å². The molecule has 0 saturated heterocycles. The van der Waals surface area contributed by atoms with Crippen LogP contribution in [0.5, 0.6) is 0 Å². The van der Waals surface area contributed by atoms with Crippen LogP contribution in [0.25, 0.3) is 0 Å². The summed E-state index contributed by atoms with van der Waals surface area (Å²) >= 11 is 6.24. The van der Waals surface area contributed by atoms with Gasteiger partial charge in [-0.2, -0.15) is 0 Å². The molecule has 106 valence electrons. The number of hydrogen-bond acceptors (Lipinski definition) is 2. The molecule has 0 aromatic heterocycles. The van der Waals surface area contributed by atoms with E-state index in [4.69, 9.17) is 17.3 Å². The molecule has 1 aromatic rings. The van der Waals surface area contributed by atoms with Crippen molar-refractivity contribution in [2.45, 2.75) is 51.6 Å². The number of rotatable bonds is 4. The average molecular weight is 281 g/mol. The van der Waals surface area contributed by atoms with Crippen molar-refractivity contribution in [3.8, 4) is 0 Å². The van der Waals surface area contributed by atoms with E-state index in [0.717, 1.165) is 28.7 Å². The number of nitrogens with zero attached hydrogens (tertiary/aromatic N) is 1. The normalized spacial score (nSPS) is 23.8. The number of benzene rings is 1. The molecular formula is C16H25ClN2. The summed E-state index contributed by atoms with van der Waals surface area (Å²) in [6, 6.07) is 6.45. The first kappa shape index (κ1) is 14.7. The van der Waals surface area contributed by atoms with Crippen LogP contribution in [0.2, 0.25) is 5.02 Å². The van der Waals surface area contributed by atoms with Gasteiger partial charge in [-0.3, -0.25) is 4.90 Å². The predicted octanol–water partition coefficient (Wildman–Crippen LogP) is 4.32. The van der Waals surface area contributed by atoms with Crippen LogP contribution in [0.15, 0.2) is 18.2 Å². The van der Waals surface area contributed by atoms with Crippen molar-refractivity contribution in [2.24, 2.45) is 5.92 Å². The molecule has 0 spiro atoms. The van der Waals surface area contributed by atoms with Crippen LogP contribution in [0, 0.1) is 5.92 Å². The lowest BCUT2D eigenvalue weighted by Crippen LogP contribution is -2.34. The lowest BCUT2D eigenvalue weighted by Gasteiger charge is -2.34. The topological polar surface area (TPSA) is 29.3 Å². The summed E-state index contributed by atoms with van der Waals surface area (Å²) < 4.78 is 0. The summed E-state index contributed by atoms with van der Waals surface area (Å²) in [6.07, 6.45) is 6.70. The molecule has 0 unspecified atom stereocenters. The van der Waals surface area contributed by atoms with Gasteiger partial charge in [-0.25, -0.2) is 0 Å².